The third-order valence-electron chi connectivity index (χ3n) is 1.84. The Bertz CT molecular complexity index is 467. The fourth-order valence-corrected chi connectivity index (χ4v) is 1.33. The zero-order valence-corrected chi connectivity index (χ0v) is 8.16. The summed E-state index contributed by atoms with van der Waals surface area (Å²) in [5, 5.41) is 0.281. The van der Waals surface area contributed by atoms with Gasteiger partial charge in [0.2, 0.25) is 0 Å². The lowest BCUT2D eigenvalue weighted by Crippen LogP contribution is -2.01. The number of aromatic nitrogens is 3. The maximum Gasteiger partial charge on any atom is 0.174 e. The van der Waals surface area contributed by atoms with Gasteiger partial charge >= 0.3 is 0 Å². The van der Waals surface area contributed by atoms with Crippen molar-refractivity contribution in [2.75, 3.05) is 0 Å². The topological polar surface area (TPSA) is 30.7 Å². The minimum Gasteiger partial charge on any atom is -0.286 e. The first-order valence-corrected chi connectivity index (χ1v) is 4.37. The molecule has 0 fully saturated rings. The summed E-state index contributed by atoms with van der Waals surface area (Å²) < 4.78 is 15.0. The van der Waals surface area contributed by atoms with E-state index in [1.54, 1.807) is 23.9 Å². The van der Waals surface area contributed by atoms with Crippen molar-refractivity contribution in [2.45, 2.75) is 6.92 Å². The van der Waals surface area contributed by atoms with Gasteiger partial charge in [0.05, 0.1) is 5.02 Å². The quantitative estimate of drug-likeness (QED) is 0.725. The van der Waals surface area contributed by atoms with Gasteiger partial charge in [-0.05, 0) is 13.0 Å². The predicted octanol–water partition coefficient (Wildman–Crippen LogP) is 2.37. The lowest BCUT2D eigenvalue weighted by Gasteiger charge is -2.04. The van der Waals surface area contributed by atoms with Crippen molar-refractivity contribution in [1.29, 1.82) is 0 Å². The van der Waals surface area contributed by atoms with E-state index in [9.17, 15) is 4.39 Å². The van der Waals surface area contributed by atoms with Gasteiger partial charge in [-0.2, -0.15) is 0 Å². The Morgan fingerprint density at radius 2 is 2.21 bits per heavy atom. The van der Waals surface area contributed by atoms with Crippen LogP contribution in [0.25, 0.3) is 5.82 Å². The molecule has 14 heavy (non-hydrogen) atoms. The summed E-state index contributed by atoms with van der Waals surface area (Å²) in [6.45, 7) is 1.77. The highest BCUT2D eigenvalue weighted by molar-refractivity contribution is 6.30. The largest absolute Gasteiger partial charge is 0.286 e. The standard InChI is InChI=1S/C9H7ClFN3/c1-6-12-2-3-14(6)9-8(11)4-7(10)5-13-9/h2-5H,1H3. The number of nitrogens with zero attached hydrogens (tertiary/aromatic N) is 3. The van der Waals surface area contributed by atoms with Crippen LogP contribution in [0.5, 0.6) is 0 Å². The van der Waals surface area contributed by atoms with Gasteiger partial charge in [0, 0.05) is 18.6 Å². The summed E-state index contributed by atoms with van der Waals surface area (Å²) in [6, 6.07) is 1.23. The van der Waals surface area contributed by atoms with E-state index < -0.39 is 5.82 Å². The van der Waals surface area contributed by atoms with E-state index in [4.69, 9.17) is 11.6 Å². The Hall–Kier alpha value is -1.42. The summed E-state index contributed by atoms with van der Waals surface area (Å²) in [7, 11) is 0. The molecule has 0 aliphatic carbocycles. The number of halogens is 2. The van der Waals surface area contributed by atoms with E-state index in [1.165, 1.54) is 12.3 Å². The number of pyridine rings is 1. The molecule has 0 aliphatic heterocycles. The van der Waals surface area contributed by atoms with Crippen LogP contribution in [0.3, 0.4) is 0 Å². The third-order valence-corrected chi connectivity index (χ3v) is 2.05. The van der Waals surface area contributed by atoms with Gasteiger partial charge in [0.1, 0.15) is 5.82 Å². The first kappa shape index (κ1) is 9.15. The average Bonchev–Trinajstić information content (AvgIpc) is 2.52. The second kappa shape index (κ2) is 3.38. The first-order chi connectivity index (χ1) is 6.68. The Balaban J connectivity index is 2.58. The number of rotatable bonds is 1. The molecule has 72 valence electrons. The van der Waals surface area contributed by atoms with Crippen LogP contribution >= 0.6 is 11.6 Å². The zero-order chi connectivity index (χ0) is 10.1. The molecular formula is C9H7ClFN3. The Morgan fingerprint density at radius 1 is 1.43 bits per heavy atom. The molecule has 0 aliphatic rings. The van der Waals surface area contributed by atoms with Gasteiger partial charge < -0.3 is 0 Å². The fraction of sp³-hybridized carbons (Fsp3) is 0.111. The third kappa shape index (κ3) is 1.48. The molecule has 0 spiro atoms. The van der Waals surface area contributed by atoms with E-state index in [0.29, 0.717) is 5.82 Å². The normalized spacial score (nSPS) is 10.5. The highest BCUT2D eigenvalue weighted by Gasteiger charge is 2.08. The fourth-order valence-electron chi connectivity index (χ4n) is 1.19. The van der Waals surface area contributed by atoms with Crippen LogP contribution in [0.2, 0.25) is 5.02 Å². The van der Waals surface area contributed by atoms with Crippen LogP contribution in [0.15, 0.2) is 24.7 Å². The SMILES string of the molecule is Cc1nccn1-c1ncc(Cl)cc1F. The van der Waals surface area contributed by atoms with Gasteiger partial charge in [-0.15, -0.1) is 0 Å². The van der Waals surface area contributed by atoms with Crippen molar-refractivity contribution < 1.29 is 4.39 Å². The van der Waals surface area contributed by atoms with Crippen LogP contribution < -0.4 is 0 Å². The maximum absolute atomic E-state index is 13.4. The van der Waals surface area contributed by atoms with E-state index >= 15 is 0 Å². The van der Waals surface area contributed by atoms with Crippen molar-refractivity contribution in [3.05, 3.63) is 41.3 Å². The molecule has 2 rings (SSSR count). The Labute approximate surface area is 85.2 Å². The van der Waals surface area contributed by atoms with Crippen molar-refractivity contribution in [1.82, 2.24) is 14.5 Å². The maximum atomic E-state index is 13.4. The first-order valence-electron chi connectivity index (χ1n) is 4.00. The molecule has 0 bridgehead atoms. The van der Waals surface area contributed by atoms with Crippen LogP contribution in [-0.4, -0.2) is 14.5 Å². The van der Waals surface area contributed by atoms with E-state index in [0.717, 1.165) is 0 Å². The minimum absolute atomic E-state index is 0.212. The molecule has 2 aromatic heterocycles. The van der Waals surface area contributed by atoms with E-state index in [1.807, 2.05) is 0 Å². The number of hydrogen-bond donors (Lipinski definition) is 0. The monoisotopic (exact) mass is 211 g/mol. The Morgan fingerprint density at radius 3 is 2.79 bits per heavy atom. The van der Waals surface area contributed by atoms with Crippen molar-refractivity contribution in [2.24, 2.45) is 0 Å². The highest BCUT2D eigenvalue weighted by Crippen LogP contribution is 2.15. The molecule has 2 aromatic rings. The second-order valence-corrected chi connectivity index (χ2v) is 3.24. The zero-order valence-electron chi connectivity index (χ0n) is 7.41. The molecule has 0 N–H and O–H groups in total. The molecule has 3 nitrogen and oxygen atoms in total. The van der Waals surface area contributed by atoms with Gasteiger partial charge in [0.15, 0.2) is 11.6 Å². The van der Waals surface area contributed by atoms with Crippen LogP contribution in [0, 0.1) is 12.7 Å². The van der Waals surface area contributed by atoms with Gasteiger partial charge in [0.25, 0.3) is 0 Å². The van der Waals surface area contributed by atoms with Gasteiger partial charge in [-0.3, -0.25) is 4.57 Å². The number of hydrogen-bond acceptors (Lipinski definition) is 2. The van der Waals surface area contributed by atoms with Gasteiger partial charge in [-0.1, -0.05) is 11.6 Å². The summed E-state index contributed by atoms with van der Waals surface area (Å²) >= 11 is 5.59. The van der Waals surface area contributed by atoms with Crippen LogP contribution in [-0.2, 0) is 0 Å². The summed E-state index contributed by atoms with van der Waals surface area (Å²) in [4.78, 5) is 7.88. The van der Waals surface area contributed by atoms with Gasteiger partial charge in [-0.25, -0.2) is 14.4 Å². The molecule has 5 heteroatoms. The molecule has 0 saturated heterocycles. The molecular weight excluding hydrogens is 205 g/mol. The van der Waals surface area contributed by atoms with E-state index in [-0.39, 0.29) is 10.8 Å². The van der Waals surface area contributed by atoms with Crippen molar-refractivity contribution >= 4 is 11.6 Å². The smallest absolute Gasteiger partial charge is 0.174 e. The van der Waals surface area contributed by atoms with Crippen LogP contribution in [0.4, 0.5) is 4.39 Å². The van der Waals surface area contributed by atoms with Crippen molar-refractivity contribution in [3.63, 3.8) is 0 Å². The van der Waals surface area contributed by atoms with E-state index in [2.05, 4.69) is 9.97 Å². The second-order valence-electron chi connectivity index (χ2n) is 2.80. The predicted molar refractivity (Wildman–Crippen MR) is 51.1 cm³/mol. The van der Waals surface area contributed by atoms with Crippen molar-refractivity contribution in [3.8, 4) is 5.82 Å². The van der Waals surface area contributed by atoms with Crippen LogP contribution in [0.1, 0.15) is 5.82 Å². The molecule has 2 heterocycles. The molecule has 0 amide bonds. The molecule has 0 saturated carbocycles. The lowest BCUT2D eigenvalue weighted by atomic mass is 10.4. The molecule has 0 unspecified atom stereocenters. The number of aryl methyl sites for hydroxylation is 1. The summed E-state index contributed by atoms with van der Waals surface area (Å²) in [5.74, 6) is 0.432. The lowest BCUT2D eigenvalue weighted by molar-refractivity contribution is 0.607. The molecule has 0 atom stereocenters. The summed E-state index contributed by atoms with van der Waals surface area (Å²) in [5.41, 5.74) is 0. The molecule has 0 aromatic carbocycles. The number of imidazole rings is 1. The average molecular weight is 212 g/mol. The Kier molecular flexibility index (Phi) is 2.21. The molecule has 0 radical (unpaired) electrons. The highest BCUT2D eigenvalue weighted by atomic mass is 35.5. The summed E-state index contributed by atoms with van der Waals surface area (Å²) in [6.07, 6.45) is 4.64. The minimum atomic E-state index is -0.460.